The first-order valence-corrected chi connectivity index (χ1v) is 24.4. The highest BCUT2D eigenvalue weighted by Crippen LogP contribution is 2.51. The van der Waals surface area contributed by atoms with E-state index in [0.29, 0.717) is 5.69 Å². The fourth-order valence-electron chi connectivity index (χ4n) is 10.5. The van der Waals surface area contributed by atoms with Crippen molar-refractivity contribution in [3.05, 3.63) is 203 Å². The van der Waals surface area contributed by atoms with Gasteiger partial charge in [-0.1, -0.05) is 184 Å². The molecule has 0 amide bonds. The van der Waals surface area contributed by atoms with Crippen molar-refractivity contribution in [1.82, 2.24) is 0 Å². The van der Waals surface area contributed by atoms with E-state index in [2.05, 4.69) is 236 Å². The molecule has 340 valence electrons. The molecule has 2 aliphatic rings. The van der Waals surface area contributed by atoms with Gasteiger partial charge in [-0.05, 0) is 134 Å². The largest absolute Gasteiger partial charge is 0.311 e. The van der Waals surface area contributed by atoms with E-state index >= 15 is 4.39 Å². The SMILES string of the molecule is CCc1ccccc1N(c1cc2c3c(c1)N(c1ccccc1-c1ccc(C(C)(C)C)cc1)c1ccc(C(C)(C)C)cc1B3c1cc(C(C)(C)C)ccc1N2c1ccccc1F)c1ccccc1C. The summed E-state index contributed by atoms with van der Waals surface area (Å²) < 4.78 is 16.9. The summed E-state index contributed by atoms with van der Waals surface area (Å²) in [5, 5.41) is 0. The molecule has 0 spiro atoms. The second-order valence-corrected chi connectivity index (χ2v) is 21.9. The first-order valence-electron chi connectivity index (χ1n) is 24.4. The third kappa shape index (κ3) is 7.70. The van der Waals surface area contributed by atoms with E-state index in [1.54, 1.807) is 12.1 Å². The number of anilines is 9. The molecule has 0 fully saturated rings. The number of nitrogens with zero attached hydrogens (tertiary/aromatic N) is 3. The molecule has 0 radical (unpaired) electrons. The summed E-state index contributed by atoms with van der Waals surface area (Å²) >= 11 is 0. The van der Waals surface area contributed by atoms with E-state index in [9.17, 15) is 0 Å². The van der Waals surface area contributed by atoms with Crippen LogP contribution in [0.4, 0.5) is 55.6 Å². The van der Waals surface area contributed by atoms with Gasteiger partial charge in [-0.25, -0.2) is 4.39 Å². The van der Waals surface area contributed by atoms with Crippen LogP contribution in [0.5, 0.6) is 0 Å². The summed E-state index contributed by atoms with van der Waals surface area (Å²) in [4.78, 5) is 7.17. The monoisotopic (exact) mass is 892 g/mol. The van der Waals surface area contributed by atoms with E-state index in [1.807, 2.05) is 12.1 Å². The van der Waals surface area contributed by atoms with Crippen molar-refractivity contribution in [2.45, 2.75) is 98.8 Å². The summed E-state index contributed by atoms with van der Waals surface area (Å²) in [6.45, 7) is 24.8. The van der Waals surface area contributed by atoms with Gasteiger partial charge in [-0.15, -0.1) is 0 Å². The zero-order valence-corrected chi connectivity index (χ0v) is 41.7. The Balaban J connectivity index is 1.38. The predicted octanol–water partition coefficient (Wildman–Crippen LogP) is 15.8. The Labute approximate surface area is 405 Å². The first-order chi connectivity index (χ1) is 32.4. The van der Waals surface area contributed by atoms with E-state index in [4.69, 9.17) is 0 Å². The molecule has 0 aliphatic carbocycles. The lowest BCUT2D eigenvalue weighted by atomic mass is 9.33. The van der Waals surface area contributed by atoms with Crippen LogP contribution in [0, 0.1) is 12.7 Å². The number of benzene rings is 8. The highest BCUT2D eigenvalue weighted by molar-refractivity contribution is 7.00. The molecule has 0 unspecified atom stereocenters. The van der Waals surface area contributed by atoms with Crippen molar-refractivity contribution in [3.8, 4) is 11.1 Å². The normalized spacial score (nSPS) is 13.3. The van der Waals surface area contributed by atoms with Crippen LogP contribution in [-0.4, -0.2) is 6.71 Å². The molecule has 2 aliphatic heterocycles. The van der Waals surface area contributed by atoms with Crippen molar-refractivity contribution >= 4 is 74.3 Å². The second-order valence-electron chi connectivity index (χ2n) is 21.9. The molecule has 0 saturated heterocycles. The van der Waals surface area contributed by atoms with Gasteiger partial charge in [0.2, 0.25) is 0 Å². The number of aryl methyl sites for hydroxylation is 2. The quantitative estimate of drug-likeness (QED) is 0.148. The smallest absolute Gasteiger partial charge is 0.252 e. The van der Waals surface area contributed by atoms with Gasteiger partial charge in [-0.2, -0.15) is 0 Å². The fourth-order valence-corrected chi connectivity index (χ4v) is 10.5. The second kappa shape index (κ2) is 16.7. The molecule has 68 heavy (non-hydrogen) atoms. The van der Waals surface area contributed by atoms with E-state index in [1.165, 1.54) is 33.2 Å². The minimum Gasteiger partial charge on any atom is -0.311 e. The fraction of sp³-hybridized carbons (Fsp3) is 0.238. The average Bonchev–Trinajstić information content (AvgIpc) is 3.31. The molecule has 0 aromatic heterocycles. The third-order valence-electron chi connectivity index (χ3n) is 14.3. The molecule has 2 heterocycles. The Morgan fingerprint density at radius 1 is 0.471 bits per heavy atom. The number of halogens is 1. The van der Waals surface area contributed by atoms with Crippen LogP contribution in [0.15, 0.2) is 170 Å². The maximum Gasteiger partial charge on any atom is 0.252 e. The van der Waals surface area contributed by atoms with E-state index in [-0.39, 0.29) is 28.8 Å². The number of hydrogen-bond acceptors (Lipinski definition) is 3. The predicted molar refractivity (Wildman–Crippen MR) is 291 cm³/mol. The molecular weight excluding hydrogens is 829 g/mol. The van der Waals surface area contributed by atoms with Crippen molar-refractivity contribution in [2.24, 2.45) is 0 Å². The number of para-hydroxylation sites is 4. The Morgan fingerprint density at radius 2 is 0.956 bits per heavy atom. The lowest BCUT2D eigenvalue weighted by Gasteiger charge is -2.46. The van der Waals surface area contributed by atoms with Gasteiger partial charge >= 0.3 is 0 Å². The minimum absolute atomic E-state index is 0.0236. The van der Waals surface area contributed by atoms with Gasteiger partial charge in [0, 0.05) is 39.7 Å². The molecule has 0 bridgehead atoms. The topological polar surface area (TPSA) is 9.72 Å². The van der Waals surface area contributed by atoms with Gasteiger partial charge in [0.05, 0.1) is 17.1 Å². The van der Waals surface area contributed by atoms with Gasteiger partial charge in [-0.3, -0.25) is 0 Å². The minimum atomic E-state index is -0.268. The highest BCUT2D eigenvalue weighted by Gasteiger charge is 2.45. The van der Waals surface area contributed by atoms with Gasteiger partial charge in [0.25, 0.3) is 6.71 Å². The van der Waals surface area contributed by atoms with Crippen molar-refractivity contribution < 1.29 is 4.39 Å². The maximum atomic E-state index is 16.9. The molecule has 5 heteroatoms. The highest BCUT2D eigenvalue weighted by atomic mass is 19.1. The summed E-state index contributed by atoms with van der Waals surface area (Å²) in [7, 11) is 0. The lowest BCUT2D eigenvalue weighted by molar-refractivity contribution is 0.590. The van der Waals surface area contributed by atoms with E-state index < -0.39 is 0 Å². The summed E-state index contributed by atoms with van der Waals surface area (Å²) in [5.41, 5.74) is 20.8. The van der Waals surface area contributed by atoms with E-state index in [0.717, 1.165) is 74.1 Å². The zero-order chi connectivity index (χ0) is 47.9. The molecule has 8 aromatic rings. The molecule has 0 saturated carbocycles. The van der Waals surface area contributed by atoms with Crippen molar-refractivity contribution in [2.75, 3.05) is 14.7 Å². The molecule has 10 rings (SSSR count). The first kappa shape index (κ1) is 45.0. The third-order valence-corrected chi connectivity index (χ3v) is 14.3. The molecular formula is C63H63BFN3. The van der Waals surface area contributed by atoms with Gasteiger partial charge in [0.15, 0.2) is 0 Å². The van der Waals surface area contributed by atoms with Gasteiger partial charge < -0.3 is 14.7 Å². The van der Waals surface area contributed by atoms with Crippen molar-refractivity contribution in [1.29, 1.82) is 0 Å². The van der Waals surface area contributed by atoms with Crippen LogP contribution < -0.4 is 31.1 Å². The molecule has 0 N–H and O–H groups in total. The molecule has 3 nitrogen and oxygen atoms in total. The lowest BCUT2D eigenvalue weighted by Crippen LogP contribution is -2.61. The van der Waals surface area contributed by atoms with Crippen LogP contribution in [0.25, 0.3) is 11.1 Å². The molecule has 8 aromatic carbocycles. The standard InChI is InChI=1S/C63H63BFN3/c1-12-42-22-14-18-26-53(42)66(52-25-17-13-21-41(52)2)47-39-58-60-59(40-47)68(57-28-20-16-24-51(57)65)56-36-34-46(63(9,10)11)38-50(56)64(60)49-37-45(62(6,7)8)33-35-55(49)67(58)54-27-19-15-23-48(54)43-29-31-44(32-30-43)61(3,4)5/h13-40H,12H2,1-11H3. The zero-order valence-electron chi connectivity index (χ0n) is 41.7. The number of rotatable bonds is 7. The Hall–Kier alpha value is -6.85. The maximum absolute atomic E-state index is 16.9. The number of fused-ring (bicyclic) bond motifs is 4. The Bertz CT molecular complexity index is 3220. The summed E-state index contributed by atoms with van der Waals surface area (Å²) in [5.74, 6) is -0.268. The van der Waals surface area contributed by atoms with Crippen molar-refractivity contribution in [3.63, 3.8) is 0 Å². The summed E-state index contributed by atoms with van der Waals surface area (Å²) in [6, 6.07) is 61.6. The van der Waals surface area contributed by atoms with Crippen LogP contribution in [0.1, 0.15) is 97.1 Å². The average molecular weight is 892 g/mol. The van der Waals surface area contributed by atoms with Gasteiger partial charge in [0.1, 0.15) is 5.82 Å². The number of hydrogen-bond donors (Lipinski definition) is 0. The van der Waals surface area contributed by atoms with Crippen LogP contribution in [-0.2, 0) is 22.7 Å². The Morgan fingerprint density at radius 3 is 1.51 bits per heavy atom. The van der Waals surface area contributed by atoms with Crippen LogP contribution in [0.2, 0.25) is 0 Å². The molecule has 0 atom stereocenters. The van der Waals surface area contributed by atoms with Crippen LogP contribution in [0.3, 0.4) is 0 Å². The summed E-state index contributed by atoms with van der Waals surface area (Å²) in [6.07, 6.45) is 0.861. The Kier molecular flexibility index (Phi) is 11.1. The van der Waals surface area contributed by atoms with Crippen LogP contribution >= 0.6 is 0 Å².